The van der Waals surface area contributed by atoms with Crippen LogP contribution in [0.2, 0.25) is 0 Å². The number of nitrogens with one attached hydrogen (secondary N) is 1. The number of hydrogen-bond acceptors (Lipinski definition) is 1. The van der Waals surface area contributed by atoms with Crippen molar-refractivity contribution < 1.29 is 0 Å². The topological polar surface area (TPSA) is 12.0 Å². The summed E-state index contributed by atoms with van der Waals surface area (Å²) in [5, 5.41) is 3.72. The summed E-state index contributed by atoms with van der Waals surface area (Å²) in [6.07, 6.45) is 14.4. The predicted molar refractivity (Wildman–Crippen MR) is 56.7 cm³/mol. The second-order valence-corrected chi connectivity index (χ2v) is 4.55. The van der Waals surface area contributed by atoms with E-state index >= 15 is 0 Å². The fourth-order valence-corrected chi connectivity index (χ4v) is 2.48. The van der Waals surface area contributed by atoms with Gasteiger partial charge in [-0.25, -0.2) is 0 Å². The second-order valence-electron chi connectivity index (χ2n) is 4.55. The highest BCUT2D eigenvalue weighted by Crippen LogP contribution is 2.20. The lowest BCUT2D eigenvalue weighted by Gasteiger charge is -2.24. The highest BCUT2D eigenvalue weighted by Gasteiger charge is 2.15. The van der Waals surface area contributed by atoms with Crippen LogP contribution in [-0.2, 0) is 0 Å². The molecule has 0 radical (unpaired) electrons. The predicted octanol–water partition coefficient (Wildman–Crippen LogP) is 2.87. The van der Waals surface area contributed by atoms with E-state index in [1.165, 1.54) is 51.5 Å². The lowest BCUT2D eigenvalue weighted by atomic mass is 9.95. The first-order valence-corrected chi connectivity index (χ1v) is 5.83. The summed E-state index contributed by atoms with van der Waals surface area (Å²) >= 11 is 0. The zero-order valence-electron chi connectivity index (χ0n) is 8.47. The Hall–Kier alpha value is -0.300. The minimum atomic E-state index is 0.842. The first-order valence-electron chi connectivity index (χ1n) is 5.83. The molecule has 0 bridgehead atoms. The third-order valence-electron chi connectivity index (χ3n) is 3.41. The zero-order chi connectivity index (χ0) is 8.93. The Morgan fingerprint density at radius 3 is 2.38 bits per heavy atom. The van der Waals surface area contributed by atoms with Gasteiger partial charge in [0, 0.05) is 6.04 Å². The number of allylic oxidation sites excluding steroid dienone is 2. The van der Waals surface area contributed by atoms with Crippen LogP contribution in [0.15, 0.2) is 12.2 Å². The monoisotopic (exact) mass is 179 g/mol. The molecule has 0 spiro atoms. The normalized spacial score (nSPS) is 25.5. The average Bonchev–Trinajstić information content (AvgIpc) is 2.69. The van der Waals surface area contributed by atoms with Gasteiger partial charge in [0.2, 0.25) is 0 Å². The summed E-state index contributed by atoms with van der Waals surface area (Å²) in [5.74, 6) is 0.905. The smallest absolute Gasteiger partial charge is 0.00671 e. The highest BCUT2D eigenvalue weighted by atomic mass is 14.9. The summed E-state index contributed by atoms with van der Waals surface area (Å²) in [7, 11) is 0. The van der Waals surface area contributed by atoms with E-state index in [4.69, 9.17) is 0 Å². The summed E-state index contributed by atoms with van der Waals surface area (Å²) < 4.78 is 0. The van der Waals surface area contributed by atoms with Gasteiger partial charge in [-0.2, -0.15) is 0 Å². The summed E-state index contributed by atoms with van der Waals surface area (Å²) in [4.78, 5) is 0. The molecule has 74 valence electrons. The molecule has 13 heavy (non-hydrogen) atoms. The van der Waals surface area contributed by atoms with Crippen molar-refractivity contribution in [3.05, 3.63) is 12.2 Å². The van der Waals surface area contributed by atoms with Gasteiger partial charge in [-0.3, -0.25) is 0 Å². The molecule has 2 aliphatic carbocycles. The lowest BCUT2D eigenvalue weighted by Crippen LogP contribution is -2.34. The standard InChI is InChI=1S/C12H21N/c1-2-8-12(9-3-1)13-10-11-6-4-5-7-11/h4-5,11-13H,1-3,6-10H2. The van der Waals surface area contributed by atoms with Crippen LogP contribution >= 0.6 is 0 Å². The van der Waals surface area contributed by atoms with Gasteiger partial charge in [0.15, 0.2) is 0 Å². The van der Waals surface area contributed by atoms with Gasteiger partial charge in [-0.05, 0) is 38.1 Å². The van der Waals surface area contributed by atoms with E-state index in [-0.39, 0.29) is 0 Å². The maximum Gasteiger partial charge on any atom is 0.00671 e. The van der Waals surface area contributed by atoms with Gasteiger partial charge in [0.25, 0.3) is 0 Å². The van der Waals surface area contributed by atoms with E-state index in [1.807, 2.05) is 0 Å². The van der Waals surface area contributed by atoms with Crippen LogP contribution in [0.25, 0.3) is 0 Å². The van der Waals surface area contributed by atoms with Crippen LogP contribution in [0.3, 0.4) is 0 Å². The Kier molecular flexibility index (Phi) is 3.42. The first kappa shape index (κ1) is 9.26. The molecule has 0 saturated heterocycles. The molecule has 0 heterocycles. The fourth-order valence-electron chi connectivity index (χ4n) is 2.48. The zero-order valence-corrected chi connectivity index (χ0v) is 8.47. The summed E-state index contributed by atoms with van der Waals surface area (Å²) in [6, 6.07) is 0.842. The molecule has 0 aromatic heterocycles. The van der Waals surface area contributed by atoms with Gasteiger partial charge in [0.1, 0.15) is 0 Å². The van der Waals surface area contributed by atoms with Crippen LogP contribution in [0.4, 0.5) is 0 Å². The first-order chi connectivity index (χ1) is 6.45. The van der Waals surface area contributed by atoms with Crippen LogP contribution in [0, 0.1) is 5.92 Å². The van der Waals surface area contributed by atoms with Crippen LogP contribution in [0.1, 0.15) is 44.9 Å². The van der Waals surface area contributed by atoms with E-state index in [2.05, 4.69) is 17.5 Å². The van der Waals surface area contributed by atoms with E-state index in [9.17, 15) is 0 Å². The minimum absolute atomic E-state index is 0.842. The molecule has 2 aliphatic rings. The Balaban J connectivity index is 1.61. The van der Waals surface area contributed by atoms with Crippen LogP contribution < -0.4 is 5.32 Å². The van der Waals surface area contributed by atoms with E-state index in [0.717, 1.165) is 12.0 Å². The van der Waals surface area contributed by atoms with Crippen molar-refractivity contribution in [3.63, 3.8) is 0 Å². The Bertz CT molecular complexity index is 160. The van der Waals surface area contributed by atoms with Crippen molar-refractivity contribution in [3.8, 4) is 0 Å². The molecular formula is C12H21N. The van der Waals surface area contributed by atoms with Crippen LogP contribution in [-0.4, -0.2) is 12.6 Å². The van der Waals surface area contributed by atoms with Crippen molar-refractivity contribution in [2.45, 2.75) is 51.0 Å². The Morgan fingerprint density at radius 1 is 1.00 bits per heavy atom. The molecule has 1 nitrogen and oxygen atoms in total. The van der Waals surface area contributed by atoms with E-state index < -0.39 is 0 Å². The SMILES string of the molecule is C1=CCC(CNC2CCCCC2)C1. The average molecular weight is 179 g/mol. The van der Waals surface area contributed by atoms with Crippen molar-refractivity contribution in [1.29, 1.82) is 0 Å². The van der Waals surface area contributed by atoms with Gasteiger partial charge in [0.05, 0.1) is 0 Å². The third kappa shape index (κ3) is 2.84. The molecule has 1 saturated carbocycles. The quantitative estimate of drug-likeness (QED) is 0.657. The number of rotatable bonds is 3. The molecule has 2 rings (SSSR count). The van der Waals surface area contributed by atoms with Gasteiger partial charge >= 0.3 is 0 Å². The second kappa shape index (κ2) is 4.80. The highest BCUT2D eigenvalue weighted by molar-refractivity contribution is 4.95. The van der Waals surface area contributed by atoms with Gasteiger partial charge in [-0.15, -0.1) is 0 Å². The largest absolute Gasteiger partial charge is 0.314 e. The molecule has 0 unspecified atom stereocenters. The fraction of sp³-hybridized carbons (Fsp3) is 0.833. The molecule has 0 atom stereocenters. The molecule has 0 aliphatic heterocycles. The summed E-state index contributed by atoms with van der Waals surface area (Å²) in [6.45, 7) is 1.25. The minimum Gasteiger partial charge on any atom is -0.314 e. The van der Waals surface area contributed by atoms with E-state index in [1.54, 1.807) is 0 Å². The molecule has 0 aromatic rings. The Labute approximate surface area is 81.6 Å². The maximum absolute atomic E-state index is 3.72. The molecule has 1 N–H and O–H groups in total. The van der Waals surface area contributed by atoms with E-state index in [0.29, 0.717) is 0 Å². The van der Waals surface area contributed by atoms with Crippen molar-refractivity contribution >= 4 is 0 Å². The lowest BCUT2D eigenvalue weighted by molar-refractivity contribution is 0.350. The van der Waals surface area contributed by atoms with Crippen LogP contribution in [0.5, 0.6) is 0 Å². The maximum atomic E-state index is 3.72. The number of hydrogen-bond donors (Lipinski definition) is 1. The Morgan fingerprint density at radius 2 is 1.69 bits per heavy atom. The van der Waals surface area contributed by atoms with Gasteiger partial charge in [-0.1, -0.05) is 31.4 Å². The molecular weight excluding hydrogens is 158 g/mol. The third-order valence-corrected chi connectivity index (χ3v) is 3.41. The van der Waals surface area contributed by atoms with Crippen molar-refractivity contribution in [2.24, 2.45) is 5.92 Å². The molecule has 1 heteroatoms. The van der Waals surface area contributed by atoms with Gasteiger partial charge < -0.3 is 5.32 Å². The van der Waals surface area contributed by atoms with Crippen molar-refractivity contribution in [1.82, 2.24) is 5.32 Å². The molecule has 0 amide bonds. The molecule has 1 fully saturated rings. The molecule has 0 aromatic carbocycles. The van der Waals surface area contributed by atoms with Crippen molar-refractivity contribution in [2.75, 3.05) is 6.54 Å². The summed E-state index contributed by atoms with van der Waals surface area (Å²) in [5.41, 5.74) is 0.